The molecule has 1 aromatic rings. The Morgan fingerprint density at radius 2 is 2.10 bits per heavy atom. The Kier molecular flexibility index (Phi) is 6.68. The van der Waals surface area contributed by atoms with Crippen LogP contribution in [0, 0.1) is 5.41 Å². The van der Waals surface area contributed by atoms with Crippen LogP contribution in [0.15, 0.2) is 16.8 Å². The van der Waals surface area contributed by atoms with Crippen LogP contribution < -0.4 is 5.32 Å². The van der Waals surface area contributed by atoms with Gasteiger partial charge in [-0.15, -0.1) is 0 Å². The van der Waals surface area contributed by atoms with Gasteiger partial charge in [0.1, 0.15) is 0 Å². The molecular formula is C15H24N2O3S. The summed E-state index contributed by atoms with van der Waals surface area (Å²) in [6.45, 7) is 5.20. The summed E-state index contributed by atoms with van der Waals surface area (Å²) in [6, 6.07) is 1.90. The molecule has 0 spiro atoms. The standard InChI is InChI=1S/C15H24N2O3S/c1-15(2,6-4-13(18)19)7-8-16-14(20)17(3)10-12-5-9-21-11-12/h5,9,11H,4,6-8,10H2,1-3H3,(H,16,20)(H,18,19). The monoisotopic (exact) mass is 312 g/mol. The van der Waals surface area contributed by atoms with Crippen LogP contribution in [-0.4, -0.2) is 35.6 Å². The second kappa shape index (κ2) is 8.02. The summed E-state index contributed by atoms with van der Waals surface area (Å²) in [4.78, 5) is 24.2. The predicted octanol–water partition coefficient (Wildman–Crippen LogP) is 3.17. The Bertz CT molecular complexity index is 457. The number of rotatable bonds is 8. The number of urea groups is 1. The van der Waals surface area contributed by atoms with Gasteiger partial charge in [-0.2, -0.15) is 11.3 Å². The fourth-order valence-corrected chi connectivity index (χ4v) is 2.60. The van der Waals surface area contributed by atoms with Crippen molar-refractivity contribution in [3.63, 3.8) is 0 Å². The van der Waals surface area contributed by atoms with Crippen molar-refractivity contribution in [2.45, 2.75) is 39.7 Å². The number of thiophene rings is 1. The topological polar surface area (TPSA) is 69.6 Å². The van der Waals surface area contributed by atoms with Gasteiger partial charge in [0.2, 0.25) is 0 Å². The minimum atomic E-state index is -0.775. The third-order valence-corrected chi connectivity index (χ3v) is 4.17. The molecule has 0 atom stereocenters. The summed E-state index contributed by atoms with van der Waals surface area (Å²) in [5.74, 6) is -0.775. The first-order chi connectivity index (χ1) is 9.80. The molecule has 0 unspecified atom stereocenters. The number of carbonyl (C=O) groups excluding carboxylic acids is 1. The van der Waals surface area contributed by atoms with E-state index in [-0.39, 0.29) is 17.9 Å². The lowest BCUT2D eigenvalue weighted by atomic mass is 9.84. The summed E-state index contributed by atoms with van der Waals surface area (Å²) in [6.07, 6.45) is 1.54. The van der Waals surface area contributed by atoms with E-state index in [1.807, 2.05) is 30.7 Å². The Morgan fingerprint density at radius 1 is 1.38 bits per heavy atom. The molecule has 0 radical (unpaired) electrons. The first-order valence-corrected chi connectivity index (χ1v) is 7.96. The molecular weight excluding hydrogens is 288 g/mol. The zero-order valence-electron chi connectivity index (χ0n) is 12.9. The van der Waals surface area contributed by atoms with Crippen molar-refractivity contribution in [1.82, 2.24) is 10.2 Å². The number of amides is 2. The summed E-state index contributed by atoms with van der Waals surface area (Å²) in [5.41, 5.74) is 1.04. The number of nitrogens with one attached hydrogen (secondary N) is 1. The predicted molar refractivity (Wildman–Crippen MR) is 84.5 cm³/mol. The number of hydrogen-bond donors (Lipinski definition) is 2. The normalized spacial score (nSPS) is 11.2. The highest BCUT2D eigenvalue weighted by atomic mass is 32.1. The first kappa shape index (κ1) is 17.5. The van der Waals surface area contributed by atoms with Crippen molar-refractivity contribution >= 4 is 23.3 Å². The van der Waals surface area contributed by atoms with E-state index in [4.69, 9.17) is 5.11 Å². The van der Waals surface area contributed by atoms with E-state index >= 15 is 0 Å². The quantitative estimate of drug-likeness (QED) is 0.774. The smallest absolute Gasteiger partial charge is 0.317 e. The molecule has 0 aliphatic rings. The Hall–Kier alpha value is -1.56. The molecule has 21 heavy (non-hydrogen) atoms. The van der Waals surface area contributed by atoms with Crippen molar-refractivity contribution < 1.29 is 14.7 Å². The average Bonchev–Trinajstić information content (AvgIpc) is 2.89. The van der Waals surface area contributed by atoms with Gasteiger partial charge >= 0.3 is 12.0 Å². The van der Waals surface area contributed by atoms with Crippen LogP contribution in [0.4, 0.5) is 4.79 Å². The van der Waals surface area contributed by atoms with Crippen LogP contribution in [-0.2, 0) is 11.3 Å². The number of carbonyl (C=O) groups is 2. The maximum Gasteiger partial charge on any atom is 0.317 e. The first-order valence-electron chi connectivity index (χ1n) is 7.02. The molecule has 0 saturated carbocycles. The van der Waals surface area contributed by atoms with Crippen molar-refractivity contribution in [2.24, 2.45) is 5.41 Å². The van der Waals surface area contributed by atoms with E-state index in [9.17, 15) is 9.59 Å². The van der Waals surface area contributed by atoms with Gasteiger partial charge in [0.05, 0.1) is 0 Å². The summed E-state index contributed by atoms with van der Waals surface area (Å²) >= 11 is 1.62. The molecule has 118 valence electrons. The number of nitrogens with zero attached hydrogens (tertiary/aromatic N) is 1. The second-order valence-corrected chi connectivity index (χ2v) is 6.81. The van der Waals surface area contributed by atoms with Gasteiger partial charge in [0, 0.05) is 26.6 Å². The second-order valence-electron chi connectivity index (χ2n) is 6.03. The molecule has 1 heterocycles. The van der Waals surface area contributed by atoms with Crippen LogP contribution in [0.2, 0.25) is 0 Å². The fourth-order valence-electron chi connectivity index (χ4n) is 1.94. The van der Waals surface area contributed by atoms with Gasteiger partial charge in [0.15, 0.2) is 0 Å². The van der Waals surface area contributed by atoms with E-state index < -0.39 is 5.97 Å². The molecule has 5 nitrogen and oxygen atoms in total. The average molecular weight is 312 g/mol. The highest BCUT2D eigenvalue weighted by Crippen LogP contribution is 2.26. The zero-order valence-corrected chi connectivity index (χ0v) is 13.7. The number of carboxylic acids is 1. The molecule has 6 heteroatoms. The van der Waals surface area contributed by atoms with Crippen molar-refractivity contribution in [2.75, 3.05) is 13.6 Å². The van der Waals surface area contributed by atoms with Gasteiger partial charge in [-0.3, -0.25) is 4.79 Å². The van der Waals surface area contributed by atoms with E-state index in [1.165, 1.54) is 0 Å². The lowest BCUT2D eigenvalue weighted by molar-refractivity contribution is -0.137. The third-order valence-electron chi connectivity index (χ3n) is 3.44. The largest absolute Gasteiger partial charge is 0.481 e. The summed E-state index contributed by atoms with van der Waals surface area (Å²) in [7, 11) is 1.77. The van der Waals surface area contributed by atoms with Crippen LogP contribution >= 0.6 is 11.3 Å². The molecule has 0 fully saturated rings. The molecule has 0 saturated heterocycles. The molecule has 0 aliphatic carbocycles. The lowest BCUT2D eigenvalue weighted by Crippen LogP contribution is -2.38. The fraction of sp³-hybridized carbons (Fsp3) is 0.600. The van der Waals surface area contributed by atoms with Crippen LogP contribution in [0.25, 0.3) is 0 Å². The van der Waals surface area contributed by atoms with Crippen LogP contribution in [0.5, 0.6) is 0 Å². The number of aliphatic carboxylic acids is 1. The molecule has 1 aromatic heterocycles. The third kappa shape index (κ3) is 7.13. The maximum atomic E-state index is 11.9. The molecule has 0 bridgehead atoms. The highest BCUT2D eigenvalue weighted by Gasteiger charge is 2.19. The Morgan fingerprint density at radius 3 is 2.67 bits per heavy atom. The lowest BCUT2D eigenvalue weighted by Gasteiger charge is -2.25. The SMILES string of the molecule is CN(Cc1ccsc1)C(=O)NCCC(C)(C)CCC(=O)O. The van der Waals surface area contributed by atoms with E-state index in [1.54, 1.807) is 23.3 Å². The summed E-state index contributed by atoms with van der Waals surface area (Å²) < 4.78 is 0. The molecule has 0 aromatic carbocycles. The van der Waals surface area contributed by atoms with Crippen LogP contribution in [0.3, 0.4) is 0 Å². The van der Waals surface area contributed by atoms with Gasteiger partial charge < -0.3 is 15.3 Å². The minimum Gasteiger partial charge on any atom is -0.481 e. The zero-order chi connectivity index (χ0) is 15.9. The van der Waals surface area contributed by atoms with E-state index in [2.05, 4.69) is 5.32 Å². The van der Waals surface area contributed by atoms with Gasteiger partial charge in [0.25, 0.3) is 0 Å². The summed E-state index contributed by atoms with van der Waals surface area (Å²) in [5, 5.41) is 15.6. The Labute approximate surface area is 130 Å². The molecule has 2 N–H and O–H groups in total. The number of hydrogen-bond acceptors (Lipinski definition) is 3. The van der Waals surface area contributed by atoms with Crippen molar-refractivity contribution in [1.29, 1.82) is 0 Å². The van der Waals surface area contributed by atoms with E-state index in [0.29, 0.717) is 19.5 Å². The van der Waals surface area contributed by atoms with Gasteiger partial charge in [-0.1, -0.05) is 13.8 Å². The van der Waals surface area contributed by atoms with Crippen molar-refractivity contribution in [3.8, 4) is 0 Å². The van der Waals surface area contributed by atoms with Crippen LogP contribution in [0.1, 0.15) is 38.7 Å². The highest BCUT2D eigenvalue weighted by molar-refractivity contribution is 7.07. The molecule has 0 aliphatic heterocycles. The van der Waals surface area contributed by atoms with Gasteiger partial charge in [-0.05, 0) is 40.6 Å². The van der Waals surface area contributed by atoms with Gasteiger partial charge in [-0.25, -0.2) is 4.79 Å². The number of carboxylic acid groups (broad SMARTS) is 1. The van der Waals surface area contributed by atoms with Crippen molar-refractivity contribution in [3.05, 3.63) is 22.4 Å². The maximum absolute atomic E-state index is 11.9. The molecule has 1 rings (SSSR count). The molecule has 2 amide bonds. The Balaban J connectivity index is 2.27. The minimum absolute atomic E-state index is 0.0857. The van der Waals surface area contributed by atoms with E-state index in [0.717, 1.165) is 12.0 Å².